The number of phenolic OH excluding ortho intramolecular Hbond substituents is 1. The minimum atomic E-state index is -0.274. The summed E-state index contributed by atoms with van der Waals surface area (Å²) in [6.45, 7) is 0. The van der Waals surface area contributed by atoms with Gasteiger partial charge in [0.1, 0.15) is 17.4 Å². The maximum Gasteiger partial charge on any atom is 0.125 e. The normalized spacial score (nSPS) is 11.1. The number of phenols is 1. The van der Waals surface area contributed by atoms with Gasteiger partial charge in [0.05, 0.1) is 11.0 Å². The van der Waals surface area contributed by atoms with Gasteiger partial charge in [-0.3, -0.25) is 0 Å². The van der Waals surface area contributed by atoms with E-state index < -0.39 is 0 Å². The Hall–Kier alpha value is -2.36. The average Bonchev–Trinajstić information content (AvgIpc) is 2.70. The lowest BCUT2D eigenvalue weighted by Crippen LogP contribution is -1.99. The van der Waals surface area contributed by atoms with Gasteiger partial charge in [0, 0.05) is 19.0 Å². The molecule has 2 aromatic carbocycles. The summed E-state index contributed by atoms with van der Waals surface area (Å²) >= 11 is 0. The molecular formula is C15H13FN2O. The molecule has 0 aliphatic carbocycles. The highest BCUT2D eigenvalue weighted by Crippen LogP contribution is 2.22. The van der Waals surface area contributed by atoms with Crippen molar-refractivity contribution in [2.45, 2.75) is 6.42 Å². The van der Waals surface area contributed by atoms with E-state index in [0.29, 0.717) is 6.42 Å². The van der Waals surface area contributed by atoms with Crippen molar-refractivity contribution in [1.82, 2.24) is 9.55 Å². The zero-order valence-electron chi connectivity index (χ0n) is 10.5. The first-order valence-electron chi connectivity index (χ1n) is 6.03. The molecule has 0 bridgehead atoms. The van der Waals surface area contributed by atoms with Gasteiger partial charge in [-0.05, 0) is 24.3 Å². The maximum absolute atomic E-state index is 13.2. The van der Waals surface area contributed by atoms with Gasteiger partial charge >= 0.3 is 0 Å². The molecule has 3 aromatic rings. The van der Waals surface area contributed by atoms with E-state index in [4.69, 9.17) is 0 Å². The van der Waals surface area contributed by atoms with Crippen molar-refractivity contribution in [3.63, 3.8) is 0 Å². The first kappa shape index (κ1) is 11.7. The summed E-state index contributed by atoms with van der Waals surface area (Å²) in [5, 5.41) is 9.78. The molecule has 0 unspecified atom stereocenters. The number of aryl methyl sites for hydroxylation is 1. The van der Waals surface area contributed by atoms with Crippen LogP contribution in [0.3, 0.4) is 0 Å². The molecule has 1 aromatic heterocycles. The Morgan fingerprint density at radius 1 is 1.21 bits per heavy atom. The van der Waals surface area contributed by atoms with E-state index in [2.05, 4.69) is 4.98 Å². The number of para-hydroxylation sites is 1. The lowest BCUT2D eigenvalue weighted by atomic mass is 10.1. The smallest absolute Gasteiger partial charge is 0.125 e. The Labute approximate surface area is 109 Å². The van der Waals surface area contributed by atoms with Crippen LogP contribution in [0.25, 0.3) is 11.0 Å². The van der Waals surface area contributed by atoms with E-state index in [-0.39, 0.29) is 11.6 Å². The molecule has 0 spiro atoms. The number of aromatic hydroxyl groups is 1. The standard InChI is InChI=1S/C15H13FN2O/c1-18-13-9-11(16)6-7-12(13)17-15(18)8-10-4-2-3-5-14(10)19/h2-7,9,19H,8H2,1H3. The highest BCUT2D eigenvalue weighted by molar-refractivity contribution is 5.76. The molecule has 19 heavy (non-hydrogen) atoms. The lowest BCUT2D eigenvalue weighted by Gasteiger charge is -2.04. The van der Waals surface area contributed by atoms with E-state index in [9.17, 15) is 9.50 Å². The van der Waals surface area contributed by atoms with Crippen LogP contribution in [0.2, 0.25) is 0 Å². The molecule has 3 nitrogen and oxygen atoms in total. The summed E-state index contributed by atoms with van der Waals surface area (Å²) in [7, 11) is 1.85. The molecule has 0 aliphatic heterocycles. The highest BCUT2D eigenvalue weighted by Gasteiger charge is 2.10. The van der Waals surface area contributed by atoms with Crippen LogP contribution in [0.5, 0.6) is 5.75 Å². The third-order valence-corrected chi connectivity index (χ3v) is 3.28. The third-order valence-electron chi connectivity index (χ3n) is 3.28. The molecule has 0 atom stereocenters. The van der Waals surface area contributed by atoms with Gasteiger partial charge in [-0.1, -0.05) is 18.2 Å². The van der Waals surface area contributed by atoms with Crippen molar-refractivity contribution < 1.29 is 9.50 Å². The van der Waals surface area contributed by atoms with Crippen molar-refractivity contribution in [2.24, 2.45) is 7.05 Å². The molecule has 0 aliphatic rings. The number of fused-ring (bicyclic) bond motifs is 1. The van der Waals surface area contributed by atoms with E-state index in [1.165, 1.54) is 12.1 Å². The van der Waals surface area contributed by atoms with Crippen LogP contribution in [0.15, 0.2) is 42.5 Å². The number of benzene rings is 2. The summed E-state index contributed by atoms with van der Waals surface area (Å²) in [4.78, 5) is 4.47. The van der Waals surface area contributed by atoms with Gasteiger partial charge < -0.3 is 9.67 Å². The largest absolute Gasteiger partial charge is 0.508 e. The quantitative estimate of drug-likeness (QED) is 0.765. The lowest BCUT2D eigenvalue weighted by molar-refractivity contribution is 0.469. The molecule has 0 radical (unpaired) electrons. The molecule has 0 saturated heterocycles. The SMILES string of the molecule is Cn1c(Cc2ccccc2O)nc2ccc(F)cc21. The van der Waals surface area contributed by atoms with Crippen molar-refractivity contribution >= 4 is 11.0 Å². The number of halogens is 1. The molecule has 4 heteroatoms. The van der Waals surface area contributed by atoms with E-state index in [1.54, 1.807) is 18.2 Å². The number of imidazole rings is 1. The summed E-state index contributed by atoms with van der Waals surface area (Å²) in [5.74, 6) is 0.771. The van der Waals surface area contributed by atoms with Crippen molar-refractivity contribution in [3.05, 3.63) is 59.7 Å². The Morgan fingerprint density at radius 3 is 2.79 bits per heavy atom. The average molecular weight is 256 g/mol. The van der Waals surface area contributed by atoms with Gasteiger partial charge in [-0.2, -0.15) is 0 Å². The van der Waals surface area contributed by atoms with Gasteiger partial charge in [0.2, 0.25) is 0 Å². The van der Waals surface area contributed by atoms with Crippen LogP contribution in [-0.2, 0) is 13.5 Å². The van der Waals surface area contributed by atoms with Crippen LogP contribution in [0, 0.1) is 5.82 Å². The summed E-state index contributed by atoms with van der Waals surface area (Å²) < 4.78 is 15.1. The fraction of sp³-hybridized carbons (Fsp3) is 0.133. The minimum absolute atomic E-state index is 0.251. The van der Waals surface area contributed by atoms with Crippen molar-refractivity contribution in [3.8, 4) is 5.75 Å². The van der Waals surface area contributed by atoms with Gasteiger partial charge in [0.25, 0.3) is 0 Å². The Balaban J connectivity index is 2.07. The maximum atomic E-state index is 13.2. The number of aromatic nitrogens is 2. The zero-order chi connectivity index (χ0) is 13.4. The van der Waals surface area contributed by atoms with Crippen LogP contribution in [0.4, 0.5) is 4.39 Å². The number of nitrogens with zero attached hydrogens (tertiary/aromatic N) is 2. The predicted octanol–water partition coefficient (Wildman–Crippen LogP) is 3.01. The topological polar surface area (TPSA) is 38.0 Å². The van der Waals surface area contributed by atoms with E-state index in [0.717, 1.165) is 22.4 Å². The Morgan fingerprint density at radius 2 is 2.00 bits per heavy atom. The predicted molar refractivity (Wildman–Crippen MR) is 71.6 cm³/mol. The monoisotopic (exact) mass is 256 g/mol. The number of rotatable bonds is 2. The van der Waals surface area contributed by atoms with Crippen molar-refractivity contribution in [2.75, 3.05) is 0 Å². The Bertz CT molecular complexity index is 749. The van der Waals surface area contributed by atoms with E-state index >= 15 is 0 Å². The fourth-order valence-corrected chi connectivity index (χ4v) is 2.20. The number of hydrogen-bond donors (Lipinski definition) is 1. The highest BCUT2D eigenvalue weighted by atomic mass is 19.1. The minimum Gasteiger partial charge on any atom is -0.508 e. The molecule has 0 saturated carbocycles. The molecule has 0 amide bonds. The first-order valence-corrected chi connectivity index (χ1v) is 6.03. The Kier molecular flexibility index (Phi) is 2.71. The van der Waals surface area contributed by atoms with E-state index in [1.807, 2.05) is 23.7 Å². The third kappa shape index (κ3) is 2.05. The first-order chi connectivity index (χ1) is 9.15. The van der Waals surface area contributed by atoms with Gasteiger partial charge in [-0.15, -0.1) is 0 Å². The summed E-state index contributed by atoms with van der Waals surface area (Å²) in [6, 6.07) is 11.7. The van der Waals surface area contributed by atoms with Crippen molar-refractivity contribution in [1.29, 1.82) is 0 Å². The zero-order valence-corrected chi connectivity index (χ0v) is 10.5. The van der Waals surface area contributed by atoms with Crippen LogP contribution in [-0.4, -0.2) is 14.7 Å². The number of hydrogen-bond acceptors (Lipinski definition) is 2. The molecular weight excluding hydrogens is 243 g/mol. The molecule has 1 heterocycles. The summed E-state index contributed by atoms with van der Waals surface area (Å²) in [6.07, 6.45) is 0.513. The molecule has 3 rings (SSSR count). The van der Waals surface area contributed by atoms with Gasteiger partial charge in [0.15, 0.2) is 0 Å². The molecule has 1 N–H and O–H groups in total. The fourth-order valence-electron chi connectivity index (χ4n) is 2.20. The molecule has 96 valence electrons. The molecule has 0 fully saturated rings. The summed E-state index contributed by atoms with van der Waals surface area (Å²) in [5.41, 5.74) is 2.32. The van der Waals surface area contributed by atoms with Crippen LogP contribution in [0.1, 0.15) is 11.4 Å². The van der Waals surface area contributed by atoms with Crippen LogP contribution < -0.4 is 0 Å². The second-order valence-electron chi connectivity index (χ2n) is 4.53. The second kappa shape index (κ2) is 4.39. The van der Waals surface area contributed by atoms with Gasteiger partial charge in [-0.25, -0.2) is 9.37 Å². The second-order valence-corrected chi connectivity index (χ2v) is 4.53. The van der Waals surface area contributed by atoms with Crippen LogP contribution >= 0.6 is 0 Å².